The second-order valence-corrected chi connectivity index (χ2v) is 7.00. The van der Waals surface area contributed by atoms with Crippen LogP contribution in [0.25, 0.3) is 0 Å². The molecule has 1 atom stereocenters. The summed E-state index contributed by atoms with van der Waals surface area (Å²) >= 11 is 0. The normalized spacial score (nSPS) is 19.6. The Kier molecular flexibility index (Phi) is 4.16. The quantitative estimate of drug-likeness (QED) is 0.904. The van der Waals surface area contributed by atoms with Gasteiger partial charge in [-0.1, -0.05) is 20.3 Å². The van der Waals surface area contributed by atoms with Crippen molar-refractivity contribution in [3.05, 3.63) is 11.6 Å². The lowest BCUT2D eigenvalue weighted by Gasteiger charge is -2.26. The van der Waals surface area contributed by atoms with Crippen LogP contribution in [0.4, 0.5) is 0 Å². The monoisotopic (exact) mass is 278 g/mol. The van der Waals surface area contributed by atoms with Gasteiger partial charge in [-0.2, -0.15) is 0 Å². The molecule has 5 heteroatoms. The molecule has 1 aromatic heterocycles. The number of carbonyl (C=O) groups excluding carboxylic acids is 1. The van der Waals surface area contributed by atoms with Crippen LogP contribution in [-0.2, 0) is 11.2 Å². The highest BCUT2D eigenvalue weighted by Crippen LogP contribution is 2.28. The SMILES string of the molecule is CC(C)c1nnc2n1C(C(=O)NC(C)(C)C)CCCC2. The summed E-state index contributed by atoms with van der Waals surface area (Å²) in [5, 5.41) is 11.7. The Morgan fingerprint density at radius 1 is 1.30 bits per heavy atom. The second kappa shape index (κ2) is 5.54. The Morgan fingerprint density at radius 2 is 2.00 bits per heavy atom. The number of aromatic nitrogens is 3. The van der Waals surface area contributed by atoms with Gasteiger partial charge in [0, 0.05) is 17.9 Å². The predicted molar refractivity (Wildman–Crippen MR) is 78.6 cm³/mol. The van der Waals surface area contributed by atoms with Gasteiger partial charge in [-0.3, -0.25) is 4.79 Å². The molecule has 0 aliphatic carbocycles. The zero-order valence-corrected chi connectivity index (χ0v) is 13.2. The first-order chi connectivity index (χ1) is 9.29. The van der Waals surface area contributed by atoms with Crippen LogP contribution < -0.4 is 5.32 Å². The number of hydrogen-bond acceptors (Lipinski definition) is 3. The minimum absolute atomic E-state index is 0.0855. The number of rotatable bonds is 2. The van der Waals surface area contributed by atoms with Gasteiger partial charge in [0.1, 0.15) is 17.7 Å². The van der Waals surface area contributed by atoms with Crippen molar-refractivity contribution in [2.24, 2.45) is 0 Å². The van der Waals surface area contributed by atoms with Gasteiger partial charge in [0.05, 0.1) is 0 Å². The van der Waals surface area contributed by atoms with Gasteiger partial charge in [0.15, 0.2) is 0 Å². The maximum absolute atomic E-state index is 12.6. The van der Waals surface area contributed by atoms with Crippen LogP contribution in [0, 0.1) is 0 Å². The maximum atomic E-state index is 12.6. The largest absolute Gasteiger partial charge is 0.350 e. The van der Waals surface area contributed by atoms with E-state index in [4.69, 9.17) is 0 Å². The average molecular weight is 278 g/mol. The molecule has 0 fully saturated rings. The summed E-state index contributed by atoms with van der Waals surface area (Å²) < 4.78 is 2.08. The first-order valence-corrected chi connectivity index (χ1v) is 7.55. The molecule has 1 N–H and O–H groups in total. The van der Waals surface area contributed by atoms with E-state index in [1.807, 2.05) is 20.8 Å². The van der Waals surface area contributed by atoms with Crippen LogP contribution in [0.2, 0.25) is 0 Å². The fourth-order valence-corrected chi connectivity index (χ4v) is 2.69. The van der Waals surface area contributed by atoms with Crippen molar-refractivity contribution in [2.45, 2.75) is 77.8 Å². The van der Waals surface area contributed by atoms with Crippen LogP contribution in [0.1, 0.15) is 77.5 Å². The Labute approximate surface area is 121 Å². The van der Waals surface area contributed by atoms with Crippen LogP contribution in [0.3, 0.4) is 0 Å². The third-order valence-corrected chi connectivity index (χ3v) is 3.55. The minimum Gasteiger partial charge on any atom is -0.350 e. The van der Waals surface area contributed by atoms with Crippen molar-refractivity contribution in [2.75, 3.05) is 0 Å². The number of aryl methyl sites for hydroxylation is 1. The molecule has 20 heavy (non-hydrogen) atoms. The molecule has 0 spiro atoms. The number of hydrogen-bond donors (Lipinski definition) is 1. The number of fused-ring (bicyclic) bond motifs is 1. The zero-order chi connectivity index (χ0) is 14.9. The minimum atomic E-state index is -0.213. The van der Waals surface area contributed by atoms with Crippen molar-refractivity contribution in [1.82, 2.24) is 20.1 Å². The summed E-state index contributed by atoms with van der Waals surface area (Å²) in [6.07, 6.45) is 3.92. The Hall–Kier alpha value is -1.39. The van der Waals surface area contributed by atoms with Crippen molar-refractivity contribution in [3.8, 4) is 0 Å². The van der Waals surface area contributed by atoms with Crippen LogP contribution in [0.5, 0.6) is 0 Å². The molecule has 1 aromatic rings. The molecule has 1 aliphatic heterocycles. The van der Waals surface area contributed by atoms with Gasteiger partial charge in [0.2, 0.25) is 5.91 Å². The second-order valence-electron chi connectivity index (χ2n) is 7.00. The Bertz CT molecular complexity index is 485. The summed E-state index contributed by atoms with van der Waals surface area (Å²) in [5.74, 6) is 2.25. The highest BCUT2D eigenvalue weighted by atomic mass is 16.2. The highest BCUT2D eigenvalue weighted by Gasteiger charge is 2.30. The molecule has 0 saturated heterocycles. The molecular formula is C15H26N4O. The molecule has 112 valence electrons. The maximum Gasteiger partial charge on any atom is 0.243 e. The van der Waals surface area contributed by atoms with Crippen LogP contribution in [-0.4, -0.2) is 26.2 Å². The van der Waals surface area contributed by atoms with Crippen molar-refractivity contribution in [3.63, 3.8) is 0 Å². The molecule has 1 aliphatic rings. The topological polar surface area (TPSA) is 59.8 Å². The molecule has 5 nitrogen and oxygen atoms in total. The fraction of sp³-hybridized carbons (Fsp3) is 0.800. The lowest BCUT2D eigenvalue weighted by atomic mass is 10.0. The predicted octanol–water partition coefficient (Wildman–Crippen LogP) is 2.58. The van der Waals surface area contributed by atoms with Crippen LogP contribution in [0.15, 0.2) is 0 Å². The summed E-state index contributed by atoms with van der Waals surface area (Å²) in [5.41, 5.74) is -0.213. The molecule has 0 bridgehead atoms. The molecule has 1 unspecified atom stereocenters. The van der Waals surface area contributed by atoms with Gasteiger partial charge in [-0.15, -0.1) is 10.2 Å². The smallest absolute Gasteiger partial charge is 0.243 e. The van der Waals surface area contributed by atoms with Gasteiger partial charge in [-0.25, -0.2) is 0 Å². The highest BCUT2D eigenvalue weighted by molar-refractivity contribution is 5.81. The molecule has 2 heterocycles. The summed E-state index contributed by atoms with van der Waals surface area (Å²) in [4.78, 5) is 12.6. The van der Waals surface area contributed by atoms with E-state index in [2.05, 4.69) is 33.9 Å². The van der Waals surface area contributed by atoms with E-state index in [0.717, 1.165) is 37.3 Å². The van der Waals surface area contributed by atoms with E-state index >= 15 is 0 Å². The van der Waals surface area contributed by atoms with Crippen LogP contribution >= 0.6 is 0 Å². The zero-order valence-electron chi connectivity index (χ0n) is 13.2. The van der Waals surface area contributed by atoms with Crippen molar-refractivity contribution >= 4 is 5.91 Å². The third kappa shape index (κ3) is 3.19. The first-order valence-electron chi connectivity index (χ1n) is 7.55. The summed E-state index contributed by atoms with van der Waals surface area (Å²) in [6, 6.07) is -0.167. The molecule has 2 rings (SSSR count). The molecule has 0 saturated carbocycles. The van der Waals surface area contributed by atoms with E-state index in [9.17, 15) is 4.79 Å². The Morgan fingerprint density at radius 3 is 2.60 bits per heavy atom. The molecule has 1 amide bonds. The molecule has 0 radical (unpaired) electrons. The van der Waals surface area contributed by atoms with Crippen molar-refractivity contribution < 1.29 is 4.79 Å². The molecule has 0 aromatic carbocycles. The van der Waals surface area contributed by atoms with E-state index in [0.29, 0.717) is 0 Å². The number of nitrogens with one attached hydrogen (secondary N) is 1. The van der Waals surface area contributed by atoms with Gasteiger partial charge >= 0.3 is 0 Å². The standard InChI is InChI=1S/C15H26N4O/c1-10(2)13-18-17-12-9-7-6-8-11(19(12)13)14(20)16-15(3,4)5/h10-11H,6-9H2,1-5H3,(H,16,20). The van der Waals surface area contributed by atoms with Gasteiger partial charge in [0.25, 0.3) is 0 Å². The number of carbonyl (C=O) groups is 1. The lowest BCUT2D eigenvalue weighted by molar-refractivity contribution is -0.126. The lowest BCUT2D eigenvalue weighted by Crippen LogP contribution is -2.44. The van der Waals surface area contributed by atoms with E-state index < -0.39 is 0 Å². The number of nitrogens with zero attached hydrogens (tertiary/aromatic N) is 3. The van der Waals surface area contributed by atoms with Crippen molar-refractivity contribution in [1.29, 1.82) is 0 Å². The molecular weight excluding hydrogens is 252 g/mol. The summed E-state index contributed by atoms with van der Waals surface area (Å²) in [6.45, 7) is 10.2. The third-order valence-electron chi connectivity index (χ3n) is 3.55. The Balaban J connectivity index is 2.35. The average Bonchev–Trinajstić information content (AvgIpc) is 2.60. The first kappa shape index (κ1) is 15.0. The fourth-order valence-electron chi connectivity index (χ4n) is 2.69. The van der Waals surface area contributed by atoms with Gasteiger partial charge < -0.3 is 9.88 Å². The number of amides is 1. The van der Waals surface area contributed by atoms with E-state index in [1.54, 1.807) is 0 Å². The van der Waals surface area contributed by atoms with Gasteiger partial charge in [-0.05, 0) is 33.6 Å². The van der Waals surface area contributed by atoms with E-state index in [-0.39, 0.29) is 23.4 Å². The summed E-state index contributed by atoms with van der Waals surface area (Å²) in [7, 11) is 0. The van der Waals surface area contributed by atoms with E-state index in [1.165, 1.54) is 0 Å².